The molecule has 5 aliphatic carbocycles. The highest BCUT2D eigenvalue weighted by Crippen LogP contribution is 2.50. The zero-order valence-electron chi connectivity index (χ0n) is 55.2. The van der Waals surface area contributed by atoms with Crippen molar-refractivity contribution in [2.45, 2.75) is 245 Å². The highest BCUT2D eigenvalue weighted by atomic mass is 32.2. The summed E-state index contributed by atoms with van der Waals surface area (Å²) in [5.74, 6) is 5.85. The average molecular weight is 1290 g/mol. The van der Waals surface area contributed by atoms with E-state index in [1.807, 2.05) is 0 Å². The summed E-state index contributed by atoms with van der Waals surface area (Å²) in [5, 5.41) is 0. The smallest absolute Gasteiger partial charge is 0.196 e. The van der Waals surface area contributed by atoms with Crippen LogP contribution < -0.4 is 0 Å². The molecule has 0 amide bonds. The van der Waals surface area contributed by atoms with Gasteiger partial charge in [0.15, 0.2) is 11.6 Å². The molecule has 0 aromatic heterocycles. The molecule has 0 atom stereocenters. The van der Waals surface area contributed by atoms with Crippen molar-refractivity contribution in [2.75, 3.05) is 0 Å². The first-order valence-electron chi connectivity index (χ1n) is 35.9. The van der Waals surface area contributed by atoms with E-state index in [4.69, 9.17) is 0 Å². The summed E-state index contributed by atoms with van der Waals surface area (Å²) in [7, 11) is 0. The highest BCUT2D eigenvalue weighted by molar-refractivity contribution is 8.00. The summed E-state index contributed by atoms with van der Waals surface area (Å²) in [6.45, 7) is 9.27. The van der Waals surface area contributed by atoms with Gasteiger partial charge in [-0.1, -0.05) is 223 Å². The van der Waals surface area contributed by atoms with E-state index in [1.165, 1.54) is 199 Å². The minimum absolute atomic E-state index is 0.0812. The van der Waals surface area contributed by atoms with Gasteiger partial charge in [0.05, 0.1) is 0 Å². The molecule has 476 valence electrons. The number of ketones is 2. The van der Waals surface area contributed by atoms with Gasteiger partial charge in [0.1, 0.15) is 0 Å². The van der Waals surface area contributed by atoms with Crippen LogP contribution in [0, 0.1) is 23.7 Å². The van der Waals surface area contributed by atoms with Crippen molar-refractivity contribution in [1.82, 2.24) is 0 Å². The molecular formula is C86H96O2S4. The lowest BCUT2D eigenvalue weighted by Gasteiger charge is -2.29. The van der Waals surface area contributed by atoms with Crippen LogP contribution in [0.15, 0.2) is 209 Å². The topological polar surface area (TPSA) is 34.1 Å². The Hall–Kier alpha value is -5.50. The summed E-state index contributed by atoms with van der Waals surface area (Å²) in [5.41, 5.74) is 12.6. The molecule has 6 heteroatoms. The zero-order chi connectivity index (χ0) is 62.9. The Labute approximate surface area is 568 Å². The monoisotopic (exact) mass is 1290 g/mol. The van der Waals surface area contributed by atoms with Crippen molar-refractivity contribution in [3.8, 4) is 22.3 Å². The molecule has 92 heavy (non-hydrogen) atoms. The van der Waals surface area contributed by atoms with Crippen molar-refractivity contribution >= 4 is 58.6 Å². The van der Waals surface area contributed by atoms with Crippen LogP contribution in [0.5, 0.6) is 0 Å². The van der Waals surface area contributed by atoms with Gasteiger partial charge in [0.2, 0.25) is 0 Å². The maximum atomic E-state index is 16.3. The van der Waals surface area contributed by atoms with E-state index in [2.05, 4.69) is 198 Å². The predicted octanol–water partition coefficient (Wildman–Crippen LogP) is 26.7. The van der Waals surface area contributed by atoms with Crippen LogP contribution in [-0.4, -0.2) is 11.6 Å². The molecule has 13 rings (SSSR count). The lowest BCUT2D eigenvalue weighted by atomic mass is 9.77. The number of fused-ring (bicyclic) bond motifs is 2. The van der Waals surface area contributed by atoms with Crippen LogP contribution in [0.2, 0.25) is 0 Å². The van der Waals surface area contributed by atoms with E-state index in [0.29, 0.717) is 45.9 Å². The third-order valence-corrected chi connectivity index (χ3v) is 26.4. The highest BCUT2D eigenvalue weighted by Gasteiger charge is 2.39. The summed E-state index contributed by atoms with van der Waals surface area (Å²) >= 11 is 6.43. The molecule has 0 N–H and O–H groups in total. The molecule has 0 unspecified atom stereocenters. The van der Waals surface area contributed by atoms with E-state index in [9.17, 15) is 0 Å². The Morgan fingerprint density at radius 2 is 0.435 bits per heavy atom. The molecule has 2 nitrogen and oxygen atoms in total. The lowest BCUT2D eigenvalue weighted by molar-refractivity contribution is 0.0970. The number of benzene rings is 8. The normalized spacial score (nSPS) is 22.4. The van der Waals surface area contributed by atoms with E-state index < -0.39 is 0 Å². The number of rotatable bonds is 22. The van der Waals surface area contributed by atoms with Gasteiger partial charge in [-0.05, 0) is 267 Å². The SMILES string of the molecule is CCCC1CCC(c2ccc(Sc3ccc(Sc4ccc(-c5ccc(C6CCC(CCC)CC6)cc5)cc4)c4c3C(=O)c3c(Sc5ccc(-c6ccc(C7CCC(CCC)CC7)cc6)cc5)ccc(Sc5ccc(C6CCC(CCC)CC6)cc5)c3C4=O)cc2)CC1. The molecule has 0 bridgehead atoms. The van der Waals surface area contributed by atoms with Gasteiger partial charge in [0, 0.05) is 61.4 Å². The summed E-state index contributed by atoms with van der Waals surface area (Å²) in [6, 6.07) is 63.1. The first-order valence-corrected chi connectivity index (χ1v) is 39.2. The molecule has 8 aromatic rings. The summed E-state index contributed by atoms with van der Waals surface area (Å²) < 4.78 is 0. The second-order valence-corrected chi connectivity index (χ2v) is 32.6. The Balaban J connectivity index is 0.821. The van der Waals surface area contributed by atoms with Gasteiger partial charge in [-0.2, -0.15) is 0 Å². The van der Waals surface area contributed by atoms with Crippen LogP contribution in [-0.2, 0) is 0 Å². The summed E-state index contributed by atoms with van der Waals surface area (Å²) in [6.07, 6.45) is 31.4. The minimum atomic E-state index is -0.0812. The maximum absolute atomic E-state index is 16.3. The quantitative estimate of drug-likeness (QED) is 0.0673. The van der Waals surface area contributed by atoms with Crippen molar-refractivity contribution < 1.29 is 9.59 Å². The molecule has 4 fully saturated rings. The van der Waals surface area contributed by atoms with Gasteiger partial charge in [-0.15, -0.1) is 0 Å². The third-order valence-electron chi connectivity index (χ3n) is 22.1. The van der Waals surface area contributed by atoms with Crippen LogP contribution in [0.1, 0.15) is 260 Å². The molecule has 8 aromatic carbocycles. The maximum Gasteiger partial charge on any atom is 0.196 e. The molecular weight excluding hydrogens is 1190 g/mol. The van der Waals surface area contributed by atoms with E-state index in [1.54, 1.807) is 47.0 Å². The fourth-order valence-corrected chi connectivity index (χ4v) is 20.7. The first kappa shape index (κ1) is 65.2. The van der Waals surface area contributed by atoms with Gasteiger partial charge in [0.25, 0.3) is 0 Å². The number of carbonyl (C=O) groups excluding carboxylic acids is 2. The van der Waals surface area contributed by atoms with E-state index in [0.717, 1.165) is 62.8 Å². The Morgan fingerprint density at radius 3 is 0.641 bits per heavy atom. The number of hydrogen-bond donors (Lipinski definition) is 0. The second-order valence-electron chi connectivity index (χ2n) is 28.1. The van der Waals surface area contributed by atoms with E-state index in [-0.39, 0.29) is 11.6 Å². The van der Waals surface area contributed by atoms with Gasteiger partial charge < -0.3 is 0 Å². The number of carbonyl (C=O) groups is 2. The van der Waals surface area contributed by atoms with Crippen LogP contribution in [0.25, 0.3) is 22.3 Å². The molecule has 0 aliphatic heterocycles. The number of hydrogen-bond acceptors (Lipinski definition) is 6. The molecule has 0 heterocycles. The Bertz CT molecular complexity index is 3490. The van der Waals surface area contributed by atoms with Crippen molar-refractivity contribution in [3.05, 3.63) is 214 Å². The third kappa shape index (κ3) is 15.3. The van der Waals surface area contributed by atoms with E-state index >= 15 is 9.59 Å². The van der Waals surface area contributed by atoms with Gasteiger partial charge in [-0.25, -0.2) is 0 Å². The summed E-state index contributed by atoms with van der Waals surface area (Å²) in [4.78, 5) is 40.1. The largest absolute Gasteiger partial charge is 0.288 e. The van der Waals surface area contributed by atoms with Crippen LogP contribution >= 0.6 is 47.0 Å². The molecule has 4 saturated carbocycles. The average Bonchev–Trinajstić information content (AvgIpc) is 0.728. The van der Waals surface area contributed by atoms with Crippen molar-refractivity contribution in [3.63, 3.8) is 0 Å². The van der Waals surface area contributed by atoms with Gasteiger partial charge >= 0.3 is 0 Å². The molecule has 0 saturated heterocycles. The fraction of sp³-hybridized carbons (Fsp3) is 0.419. The fourth-order valence-electron chi connectivity index (χ4n) is 16.8. The van der Waals surface area contributed by atoms with Crippen molar-refractivity contribution in [2.24, 2.45) is 23.7 Å². The van der Waals surface area contributed by atoms with Gasteiger partial charge in [-0.3, -0.25) is 9.59 Å². The lowest BCUT2D eigenvalue weighted by Crippen LogP contribution is -2.24. The predicted molar refractivity (Wildman–Crippen MR) is 391 cm³/mol. The van der Waals surface area contributed by atoms with Crippen LogP contribution in [0.3, 0.4) is 0 Å². The zero-order valence-corrected chi connectivity index (χ0v) is 58.5. The second kappa shape index (κ2) is 30.9. The first-order chi connectivity index (χ1) is 45.2. The molecule has 5 aliphatic rings. The Morgan fingerprint density at radius 1 is 0.250 bits per heavy atom. The minimum Gasteiger partial charge on any atom is -0.288 e. The molecule has 0 spiro atoms. The Kier molecular flexibility index (Phi) is 21.9. The standard InChI is InChI=1S/C86H96O2S4/c1-5-9-57-13-21-61(22-14-57)65-29-33-67(34-30-65)71-41-49-75(50-42-71)91-79-55-53-77(89-73-45-37-69(38-46-73)63-25-17-59(11-7-3)18-26-63)81-83(79)85(87)82-78(90-74-47-39-70(40-48-74)64-27-19-60(12-8-4)20-28-64)54-56-80(84(82)86(81)88)92-76-51-43-72(44-52-76)68-35-31-66(32-36-68)62-23-15-58(10-6-2)16-24-62/h29-64H,5-28H2,1-4H3. The molecule has 0 radical (unpaired) electrons. The van der Waals surface area contributed by atoms with Crippen molar-refractivity contribution in [1.29, 1.82) is 0 Å². The van der Waals surface area contributed by atoms with Crippen LogP contribution in [0.4, 0.5) is 0 Å².